The minimum atomic E-state index is -0.926. The molecule has 1 N–H and O–H groups in total. The zero-order valence-corrected chi connectivity index (χ0v) is 11.9. The molecule has 3 rings (SSSR count). The zero-order valence-electron chi connectivity index (χ0n) is 11.9. The van der Waals surface area contributed by atoms with Crippen molar-refractivity contribution in [3.63, 3.8) is 0 Å². The van der Waals surface area contributed by atoms with Gasteiger partial charge in [0.15, 0.2) is 0 Å². The molecule has 1 unspecified atom stereocenters. The van der Waals surface area contributed by atoms with Crippen LogP contribution in [-0.2, 0) is 22.5 Å². The fraction of sp³-hybridized carbons (Fsp3) is 0.500. The number of nitrogens with zero attached hydrogens (tertiary/aromatic N) is 1. The third-order valence-corrected chi connectivity index (χ3v) is 4.34. The smallest absolute Gasteiger partial charge is 0.336 e. The van der Waals surface area contributed by atoms with Gasteiger partial charge in [0.05, 0.1) is 5.56 Å². The summed E-state index contributed by atoms with van der Waals surface area (Å²) in [5.74, 6) is -0.504. The maximum absolute atomic E-state index is 12.4. The summed E-state index contributed by atoms with van der Waals surface area (Å²) >= 11 is 0. The molecule has 0 saturated carbocycles. The van der Waals surface area contributed by atoms with E-state index in [0.717, 1.165) is 30.6 Å². The summed E-state index contributed by atoms with van der Waals surface area (Å²) in [5, 5.41) is 9.28. The molecule has 5 nitrogen and oxygen atoms in total. The Kier molecular flexibility index (Phi) is 3.92. The molecule has 21 heavy (non-hydrogen) atoms. The van der Waals surface area contributed by atoms with Crippen molar-refractivity contribution in [1.82, 2.24) is 4.90 Å². The first kappa shape index (κ1) is 14.1. The normalized spacial score (nSPS) is 21.1. The van der Waals surface area contributed by atoms with Crippen LogP contribution in [-0.4, -0.2) is 41.6 Å². The van der Waals surface area contributed by atoms with Gasteiger partial charge in [-0.2, -0.15) is 0 Å². The van der Waals surface area contributed by atoms with Crippen LogP contribution in [0.25, 0.3) is 0 Å². The summed E-state index contributed by atoms with van der Waals surface area (Å²) in [6, 6.07) is 5.34. The highest BCUT2D eigenvalue weighted by Crippen LogP contribution is 2.25. The van der Waals surface area contributed by atoms with Crippen molar-refractivity contribution < 1.29 is 19.4 Å². The van der Waals surface area contributed by atoms with Gasteiger partial charge in [-0.3, -0.25) is 4.79 Å². The third-order valence-electron chi connectivity index (χ3n) is 4.34. The molecule has 1 amide bonds. The van der Waals surface area contributed by atoms with E-state index in [1.807, 2.05) is 6.07 Å². The summed E-state index contributed by atoms with van der Waals surface area (Å²) in [4.78, 5) is 25.5. The molecule has 0 aromatic heterocycles. The van der Waals surface area contributed by atoms with E-state index in [4.69, 9.17) is 4.74 Å². The van der Waals surface area contributed by atoms with Gasteiger partial charge in [-0.1, -0.05) is 12.1 Å². The van der Waals surface area contributed by atoms with E-state index in [0.29, 0.717) is 37.6 Å². The molecule has 0 bridgehead atoms. The van der Waals surface area contributed by atoms with Gasteiger partial charge in [-0.25, -0.2) is 4.79 Å². The number of hydrogen-bond acceptors (Lipinski definition) is 3. The van der Waals surface area contributed by atoms with Gasteiger partial charge in [-0.15, -0.1) is 0 Å². The van der Waals surface area contributed by atoms with Gasteiger partial charge in [0.2, 0.25) is 5.91 Å². The number of rotatable bonds is 3. The standard InChI is InChI=1S/C16H19NO4/c18-15(8-11-5-7-21-10-11)17-6-4-12-2-1-3-13(16(19)20)14(12)9-17/h1-3,11H,4-10H2,(H,19,20). The van der Waals surface area contributed by atoms with E-state index >= 15 is 0 Å². The fourth-order valence-corrected chi connectivity index (χ4v) is 3.11. The monoisotopic (exact) mass is 289 g/mol. The maximum Gasteiger partial charge on any atom is 0.336 e. The highest BCUT2D eigenvalue weighted by Gasteiger charge is 2.27. The molecule has 0 spiro atoms. The number of aromatic carboxylic acids is 1. The Morgan fingerprint density at radius 1 is 1.38 bits per heavy atom. The number of hydrogen-bond donors (Lipinski definition) is 1. The van der Waals surface area contributed by atoms with Crippen LogP contribution in [0.2, 0.25) is 0 Å². The van der Waals surface area contributed by atoms with E-state index in [-0.39, 0.29) is 5.91 Å². The van der Waals surface area contributed by atoms with Crippen LogP contribution in [0.4, 0.5) is 0 Å². The van der Waals surface area contributed by atoms with Crippen LogP contribution in [0.1, 0.15) is 34.3 Å². The van der Waals surface area contributed by atoms with Crippen molar-refractivity contribution in [2.24, 2.45) is 5.92 Å². The molecule has 2 aliphatic heterocycles. The lowest BCUT2D eigenvalue weighted by Crippen LogP contribution is -2.37. The molecule has 0 radical (unpaired) electrons. The first-order valence-corrected chi connectivity index (χ1v) is 7.34. The van der Waals surface area contributed by atoms with Crippen LogP contribution in [0.15, 0.2) is 18.2 Å². The summed E-state index contributed by atoms with van der Waals surface area (Å²) in [7, 11) is 0. The van der Waals surface area contributed by atoms with Crippen LogP contribution in [0.5, 0.6) is 0 Å². The van der Waals surface area contributed by atoms with Crippen molar-refractivity contribution in [3.8, 4) is 0 Å². The average Bonchev–Trinajstić information content (AvgIpc) is 2.98. The van der Waals surface area contributed by atoms with Crippen LogP contribution < -0.4 is 0 Å². The Morgan fingerprint density at radius 2 is 2.24 bits per heavy atom. The number of benzene rings is 1. The molecule has 1 aromatic carbocycles. The van der Waals surface area contributed by atoms with Crippen molar-refractivity contribution in [2.45, 2.75) is 25.8 Å². The summed E-state index contributed by atoms with van der Waals surface area (Å²) < 4.78 is 5.30. The van der Waals surface area contributed by atoms with E-state index in [9.17, 15) is 14.7 Å². The molecular weight excluding hydrogens is 270 g/mol. The SMILES string of the molecule is O=C(O)c1cccc2c1CN(C(=O)CC1CCOC1)CC2. The number of ether oxygens (including phenoxy) is 1. The van der Waals surface area contributed by atoms with Gasteiger partial charge < -0.3 is 14.7 Å². The fourth-order valence-electron chi connectivity index (χ4n) is 3.11. The summed E-state index contributed by atoms with van der Waals surface area (Å²) in [5.41, 5.74) is 2.14. The van der Waals surface area contributed by atoms with Crippen LogP contribution in [0, 0.1) is 5.92 Å². The zero-order chi connectivity index (χ0) is 14.8. The van der Waals surface area contributed by atoms with Crippen LogP contribution in [0.3, 0.4) is 0 Å². The molecule has 2 heterocycles. The lowest BCUT2D eigenvalue weighted by atomic mass is 9.94. The van der Waals surface area contributed by atoms with Crippen molar-refractivity contribution >= 4 is 11.9 Å². The van der Waals surface area contributed by atoms with Gasteiger partial charge in [0.25, 0.3) is 0 Å². The molecule has 1 atom stereocenters. The number of carboxylic acid groups (broad SMARTS) is 1. The Hall–Kier alpha value is -1.88. The largest absolute Gasteiger partial charge is 0.478 e. The minimum Gasteiger partial charge on any atom is -0.478 e. The molecule has 112 valence electrons. The number of carboxylic acids is 1. The predicted octanol–water partition coefficient (Wildman–Crippen LogP) is 1.70. The highest BCUT2D eigenvalue weighted by atomic mass is 16.5. The minimum absolute atomic E-state index is 0.108. The second-order valence-electron chi connectivity index (χ2n) is 5.75. The van der Waals surface area contributed by atoms with Crippen LogP contribution >= 0.6 is 0 Å². The van der Waals surface area contributed by atoms with E-state index < -0.39 is 5.97 Å². The summed E-state index contributed by atoms with van der Waals surface area (Å²) in [6.45, 7) is 2.48. The second-order valence-corrected chi connectivity index (χ2v) is 5.75. The predicted molar refractivity (Wildman–Crippen MR) is 76.1 cm³/mol. The quantitative estimate of drug-likeness (QED) is 0.919. The third kappa shape index (κ3) is 2.93. The first-order valence-electron chi connectivity index (χ1n) is 7.34. The van der Waals surface area contributed by atoms with Gasteiger partial charge in [-0.05, 0) is 36.0 Å². The molecule has 1 saturated heterocycles. The Labute approximate surface area is 123 Å². The van der Waals surface area contributed by atoms with Gasteiger partial charge in [0, 0.05) is 32.7 Å². The molecule has 0 aliphatic carbocycles. The van der Waals surface area contributed by atoms with Crippen molar-refractivity contribution in [1.29, 1.82) is 0 Å². The molecule has 2 aliphatic rings. The lowest BCUT2D eigenvalue weighted by Gasteiger charge is -2.30. The molecule has 1 aromatic rings. The number of carbonyl (C=O) groups excluding carboxylic acids is 1. The van der Waals surface area contributed by atoms with Crippen molar-refractivity contribution in [2.75, 3.05) is 19.8 Å². The van der Waals surface area contributed by atoms with Gasteiger partial charge in [0.1, 0.15) is 0 Å². The Morgan fingerprint density at radius 3 is 2.95 bits per heavy atom. The number of fused-ring (bicyclic) bond motifs is 1. The van der Waals surface area contributed by atoms with Gasteiger partial charge >= 0.3 is 5.97 Å². The number of amides is 1. The summed E-state index contributed by atoms with van der Waals surface area (Å²) in [6.07, 6.45) is 2.17. The lowest BCUT2D eigenvalue weighted by molar-refractivity contribution is -0.133. The van der Waals surface area contributed by atoms with E-state index in [1.165, 1.54) is 0 Å². The van der Waals surface area contributed by atoms with Crippen molar-refractivity contribution in [3.05, 3.63) is 34.9 Å². The topological polar surface area (TPSA) is 66.8 Å². The first-order chi connectivity index (χ1) is 10.1. The Balaban J connectivity index is 1.74. The molecule has 5 heteroatoms. The highest BCUT2D eigenvalue weighted by molar-refractivity contribution is 5.90. The molecular formula is C16H19NO4. The van der Waals surface area contributed by atoms with E-state index in [2.05, 4.69) is 0 Å². The second kappa shape index (κ2) is 5.85. The Bertz CT molecular complexity index is 563. The van der Waals surface area contributed by atoms with E-state index in [1.54, 1.807) is 17.0 Å². The number of carbonyl (C=O) groups is 2. The maximum atomic E-state index is 12.4. The molecule has 1 fully saturated rings. The average molecular weight is 289 g/mol.